The zero-order valence-corrected chi connectivity index (χ0v) is 6.53. The summed E-state index contributed by atoms with van der Waals surface area (Å²) >= 11 is 0. The molecule has 0 aliphatic heterocycles. The SMILES string of the molecule is F[B-](F)(F)CC1CCCCC1. The highest BCUT2D eigenvalue weighted by molar-refractivity contribution is 6.58. The Morgan fingerprint density at radius 3 is 2.00 bits per heavy atom. The molecule has 0 nitrogen and oxygen atoms in total. The lowest BCUT2D eigenvalue weighted by Gasteiger charge is -2.26. The van der Waals surface area contributed by atoms with Gasteiger partial charge in [0.15, 0.2) is 0 Å². The lowest BCUT2D eigenvalue weighted by Crippen LogP contribution is -2.21. The summed E-state index contributed by atoms with van der Waals surface area (Å²) in [7, 11) is 0. The van der Waals surface area contributed by atoms with E-state index in [1.165, 1.54) is 0 Å². The van der Waals surface area contributed by atoms with Crippen LogP contribution < -0.4 is 0 Å². The van der Waals surface area contributed by atoms with Gasteiger partial charge in [-0.2, -0.15) is 0 Å². The molecule has 0 radical (unpaired) electrons. The van der Waals surface area contributed by atoms with Gasteiger partial charge in [0.2, 0.25) is 0 Å². The average Bonchev–Trinajstić information content (AvgIpc) is 1.85. The Morgan fingerprint density at radius 1 is 1.00 bits per heavy atom. The minimum Gasteiger partial charge on any atom is -0.449 e. The standard InChI is InChI=1S/C7H13BF3/c9-8(10,11)6-7-4-2-1-3-5-7/h7H,1-6H2/q-1. The second-order valence-corrected chi connectivity index (χ2v) is 3.45. The number of hydrogen-bond acceptors (Lipinski definition) is 0. The van der Waals surface area contributed by atoms with E-state index in [0.717, 1.165) is 32.1 Å². The van der Waals surface area contributed by atoms with Crippen LogP contribution in [0.25, 0.3) is 0 Å². The Morgan fingerprint density at radius 2 is 1.55 bits per heavy atom. The maximum atomic E-state index is 11.9. The van der Waals surface area contributed by atoms with E-state index in [1.54, 1.807) is 0 Å². The van der Waals surface area contributed by atoms with E-state index in [1.807, 2.05) is 0 Å². The van der Waals surface area contributed by atoms with Gasteiger partial charge in [-0.3, -0.25) is 0 Å². The van der Waals surface area contributed by atoms with Crippen molar-refractivity contribution in [1.29, 1.82) is 0 Å². The van der Waals surface area contributed by atoms with Crippen molar-refractivity contribution in [3.63, 3.8) is 0 Å². The van der Waals surface area contributed by atoms with E-state index < -0.39 is 13.3 Å². The molecule has 1 aliphatic rings. The summed E-state index contributed by atoms with van der Waals surface area (Å²) in [6.07, 6.45) is 4.21. The van der Waals surface area contributed by atoms with Gasteiger partial charge < -0.3 is 12.9 Å². The van der Waals surface area contributed by atoms with Crippen LogP contribution in [0.2, 0.25) is 6.32 Å². The zero-order valence-electron chi connectivity index (χ0n) is 6.53. The summed E-state index contributed by atoms with van der Waals surface area (Å²) in [6, 6.07) is 0. The lowest BCUT2D eigenvalue weighted by molar-refractivity contribution is 0.347. The van der Waals surface area contributed by atoms with Gasteiger partial charge in [-0.05, 0) is 0 Å². The molecule has 0 unspecified atom stereocenters. The van der Waals surface area contributed by atoms with Crippen molar-refractivity contribution >= 4 is 6.98 Å². The fourth-order valence-electron chi connectivity index (χ4n) is 1.80. The van der Waals surface area contributed by atoms with Gasteiger partial charge >= 0.3 is 6.98 Å². The second kappa shape index (κ2) is 3.50. The van der Waals surface area contributed by atoms with Crippen LogP contribution in [-0.4, -0.2) is 6.98 Å². The first kappa shape index (κ1) is 8.95. The molecule has 0 aromatic rings. The van der Waals surface area contributed by atoms with Crippen LogP contribution in [0.1, 0.15) is 32.1 Å². The van der Waals surface area contributed by atoms with Gasteiger partial charge in [0.1, 0.15) is 0 Å². The minimum absolute atomic E-state index is 0.0521. The molecule has 0 saturated heterocycles. The van der Waals surface area contributed by atoms with Crippen molar-refractivity contribution in [1.82, 2.24) is 0 Å². The Balaban J connectivity index is 2.24. The van der Waals surface area contributed by atoms with Crippen molar-refractivity contribution in [2.45, 2.75) is 38.4 Å². The number of hydrogen-bond donors (Lipinski definition) is 0. The molecule has 0 amide bonds. The van der Waals surface area contributed by atoms with Gasteiger partial charge in [0, 0.05) is 0 Å². The fourth-order valence-corrected chi connectivity index (χ4v) is 1.80. The molecule has 0 aromatic heterocycles. The highest BCUT2D eigenvalue weighted by Crippen LogP contribution is 2.32. The summed E-state index contributed by atoms with van der Waals surface area (Å²) in [5.74, 6) is -0.0521. The van der Waals surface area contributed by atoms with E-state index in [4.69, 9.17) is 0 Å². The van der Waals surface area contributed by atoms with E-state index in [2.05, 4.69) is 0 Å². The van der Waals surface area contributed by atoms with Crippen molar-refractivity contribution in [3.8, 4) is 0 Å². The summed E-state index contributed by atoms with van der Waals surface area (Å²) < 4.78 is 35.7. The molecule has 1 rings (SSSR count). The largest absolute Gasteiger partial charge is 0.478 e. The van der Waals surface area contributed by atoms with Crippen LogP contribution in [0.4, 0.5) is 12.9 Å². The molecular formula is C7H13BF3-. The van der Waals surface area contributed by atoms with Crippen molar-refractivity contribution in [2.24, 2.45) is 5.92 Å². The highest BCUT2D eigenvalue weighted by Gasteiger charge is 2.28. The van der Waals surface area contributed by atoms with E-state index >= 15 is 0 Å². The van der Waals surface area contributed by atoms with Crippen LogP contribution in [0.3, 0.4) is 0 Å². The van der Waals surface area contributed by atoms with Gasteiger partial charge in [0.25, 0.3) is 0 Å². The van der Waals surface area contributed by atoms with Crippen LogP contribution in [-0.2, 0) is 0 Å². The van der Waals surface area contributed by atoms with Crippen LogP contribution in [0, 0.1) is 5.92 Å². The maximum Gasteiger partial charge on any atom is 0.478 e. The summed E-state index contributed by atoms with van der Waals surface area (Å²) in [5.41, 5.74) is 0. The van der Waals surface area contributed by atoms with Gasteiger partial charge in [-0.15, -0.1) is 0 Å². The Kier molecular flexibility index (Phi) is 2.85. The Bertz CT molecular complexity index is 115. The fraction of sp³-hybridized carbons (Fsp3) is 1.00. The molecule has 1 aliphatic carbocycles. The van der Waals surface area contributed by atoms with Crippen molar-refractivity contribution < 1.29 is 12.9 Å². The molecule has 1 fully saturated rings. The van der Waals surface area contributed by atoms with Gasteiger partial charge in [-0.25, -0.2) is 0 Å². The first-order valence-corrected chi connectivity index (χ1v) is 4.29. The number of halogens is 3. The van der Waals surface area contributed by atoms with E-state index in [-0.39, 0.29) is 5.92 Å². The third-order valence-electron chi connectivity index (χ3n) is 2.33. The van der Waals surface area contributed by atoms with Gasteiger partial charge in [-0.1, -0.05) is 44.3 Å². The van der Waals surface area contributed by atoms with Crippen LogP contribution >= 0.6 is 0 Å². The molecule has 0 atom stereocenters. The van der Waals surface area contributed by atoms with Crippen molar-refractivity contribution in [2.75, 3.05) is 0 Å². The topological polar surface area (TPSA) is 0 Å². The monoisotopic (exact) mass is 165 g/mol. The molecule has 66 valence electrons. The van der Waals surface area contributed by atoms with Crippen LogP contribution in [0.5, 0.6) is 0 Å². The highest BCUT2D eigenvalue weighted by atomic mass is 19.4. The summed E-state index contributed by atoms with van der Waals surface area (Å²) in [5, 5.41) is 0. The molecule has 11 heavy (non-hydrogen) atoms. The Labute approximate surface area is 65.2 Å². The zero-order chi connectivity index (χ0) is 8.32. The first-order valence-electron chi connectivity index (χ1n) is 4.29. The first-order chi connectivity index (χ1) is 5.08. The average molecular weight is 165 g/mol. The summed E-state index contributed by atoms with van der Waals surface area (Å²) in [6.45, 7) is -4.53. The van der Waals surface area contributed by atoms with Crippen molar-refractivity contribution in [3.05, 3.63) is 0 Å². The minimum atomic E-state index is -4.53. The van der Waals surface area contributed by atoms with E-state index in [9.17, 15) is 12.9 Å². The third-order valence-corrected chi connectivity index (χ3v) is 2.33. The normalized spacial score (nSPS) is 22.1. The molecule has 0 spiro atoms. The van der Waals surface area contributed by atoms with E-state index in [0.29, 0.717) is 0 Å². The molecule has 0 bridgehead atoms. The van der Waals surface area contributed by atoms with Gasteiger partial charge in [0.05, 0.1) is 0 Å². The quantitative estimate of drug-likeness (QED) is 0.550. The molecule has 1 saturated carbocycles. The summed E-state index contributed by atoms with van der Waals surface area (Å²) in [4.78, 5) is 0. The maximum absolute atomic E-state index is 11.9. The number of rotatable bonds is 2. The smallest absolute Gasteiger partial charge is 0.449 e. The molecule has 4 heteroatoms. The second-order valence-electron chi connectivity index (χ2n) is 3.45. The molecule has 0 aromatic carbocycles. The lowest BCUT2D eigenvalue weighted by atomic mass is 9.72. The third kappa shape index (κ3) is 3.68. The van der Waals surface area contributed by atoms with Crippen LogP contribution in [0.15, 0.2) is 0 Å². The predicted octanol–water partition coefficient (Wildman–Crippen LogP) is 3.41. The Hall–Kier alpha value is -0.145. The molecule has 0 heterocycles. The molecule has 0 N–H and O–H groups in total. The molecular weight excluding hydrogens is 152 g/mol. The predicted molar refractivity (Wildman–Crippen MR) is 40.5 cm³/mol.